The number of ether oxygens (including phenoxy) is 2. The predicted octanol–water partition coefficient (Wildman–Crippen LogP) is 8.44. The highest BCUT2D eigenvalue weighted by Gasteiger charge is 2.28. The molecule has 0 saturated carbocycles. The highest BCUT2D eigenvalue weighted by atomic mass is 32.2. The molecule has 0 aliphatic carbocycles. The number of carbonyl (C=O) groups is 2. The van der Waals surface area contributed by atoms with E-state index in [9.17, 15) is 9.59 Å². The molecule has 0 amide bonds. The van der Waals surface area contributed by atoms with E-state index in [1.807, 2.05) is 72.8 Å². The molecule has 0 N–H and O–H groups in total. The summed E-state index contributed by atoms with van der Waals surface area (Å²) in [5.41, 5.74) is 4.07. The van der Waals surface area contributed by atoms with Crippen LogP contribution in [0.15, 0.2) is 117 Å². The van der Waals surface area contributed by atoms with Crippen molar-refractivity contribution in [2.75, 3.05) is 25.7 Å². The van der Waals surface area contributed by atoms with Crippen molar-refractivity contribution in [2.45, 2.75) is 23.6 Å². The molecule has 8 heteroatoms. The fourth-order valence-electron chi connectivity index (χ4n) is 4.36. The summed E-state index contributed by atoms with van der Waals surface area (Å²) in [6.45, 7) is 4.19. The number of esters is 2. The first kappa shape index (κ1) is 30.8. The van der Waals surface area contributed by atoms with Crippen LogP contribution in [0, 0.1) is 0 Å². The first-order chi connectivity index (χ1) is 20.5. The Morgan fingerprint density at radius 2 is 0.881 bits per heavy atom. The molecule has 0 unspecified atom stereocenters. The minimum absolute atomic E-state index is 0.247. The Morgan fingerprint density at radius 3 is 1.24 bits per heavy atom. The molecule has 0 saturated heterocycles. The van der Waals surface area contributed by atoms with Crippen LogP contribution in [0.1, 0.15) is 13.8 Å². The lowest BCUT2D eigenvalue weighted by atomic mass is 10.0. The SMILES string of the molecule is CCSc1ccccc1-c1ccccc1N=C(C(=O)OC)C(=Nc1ccccc1-c1ccccc1SCC)C(=O)OC. The number of hydrogen-bond donors (Lipinski definition) is 0. The number of hydrogen-bond acceptors (Lipinski definition) is 8. The molecule has 0 fully saturated rings. The molecule has 0 bridgehead atoms. The van der Waals surface area contributed by atoms with Gasteiger partial charge in [-0.25, -0.2) is 19.6 Å². The van der Waals surface area contributed by atoms with Gasteiger partial charge in [0.05, 0.1) is 25.6 Å². The molecule has 0 aliphatic rings. The third-order valence-corrected chi connectivity index (χ3v) is 8.12. The van der Waals surface area contributed by atoms with E-state index in [1.165, 1.54) is 14.2 Å². The normalized spacial score (nSPS) is 11.7. The van der Waals surface area contributed by atoms with Gasteiger partial charge in [-0.2, -0.15) is 0 Å². The maximum absolute atomic E-state index is 13.2. The summed E-state index contributed by atoms with van der Waals surface area (Å²) in [5, 5.41) is 0. The van der Waals surface area contributed by atoms with E-state index in [2.05, 4.69) is 26.0 Å². The highest BCUT2D eigenvalue weighted by molar-refractivity contribution is 7.99. The summed E-state index contributed by atoms with van der Waals surface area (Å²) in [7, 11) is 2.50. The van der Waals surface area contributed by atoms with Gasteiger partial charge in [0, 0.05) is 20.9 Å². The second kappa shape index (κ2) is 15.2. The summed E-state index contributed by atoms with van der Waals surface area (Å²) in [6, 6.07) is 31.0. The minimum atomic E-state index is -0.801. The van der Waals surface area contributed by atoms with Crippen molar-refractivity contribution in [3.63, 3.8) is 0 Å². The van der Waals surface area contributed by atoms with E-state index < -0.39 is 11.9 Å². The topological polar surface area (TPSA) is 77.3 Å². The third kappa shape index (κ3) is 7.19. The Bertz CT molecular complexity index is 1510. The molecular formula is C34H32N2O4S2. The number of thioether (sulfide) groups is 2. The Kier molecular flexibility index (Phi) is 11.1. The fourth-order valence-corrected chi connectivity index (χ4v) is 6.00. The van der Waals surface area contributed by atoms with Gasteiger partial charge in [-0.1, -0.05) is 86.6 Å². The van der Waals surface area contributed by atoms with Gasteiger partial charge in [-0.3, -0.25) is 0 Å². The number of aliphatic imine (C=N–C) groups is 2. The number of benzene rings is 4. The third-order valence-electron chi connectivity index (χ3n) is 6.21. The smallest absolute Gasteiger partial charge is 0.359 e. The fraction of sp³-hybridized carbons (Fsp3) is 0.176. The van der Waals surface area contributed by atoms with Crippen molar-refractivity contribution >= 4 is 58.3 Å². The molecule has 214 valence electrons. The first-order valence-electron chi connectivity index (χ1n) is 13.5. The number of methoxy groups -OCH3 is 2. The maximum Gasteiger partial charge on any atom is 0.359 e. The quantitative estimate of drug-likeness (QED) is 0.0982. The van der Waals surface area contributed by atoms with Crippen LogP contribution in [0.25, 0.3) is 22.3 Å². The van der Waals surface area contributed by atoms with Gasteiger partial charge in [0.2, 0.25) is 0 Å². The Morgan fingerprint density at radius 1 is 0.548 bits per heavy atom. The lowest BCUT2D eigenvalue weighted by molar-refractivity contribution is -0.134. The summed E-state index contributed by atoms with van der Waals surface area (Å²) >= 11 is 3.43. The zero-order valence-electron chi connectivity index (χ0n) is 24.0. The molecule has 0 aromatic heterocycles. The van der Waals surface area contributed by atoms with Gasteiger partial charge in [0.1, 0.15) is 0 Å². The van der Waals surface area contributed by atoms with E-state index in [0.29, 0.717) is 11.4 Å². The zero-order chi connectivity index (χ0) is 29.9. The monoisotopic (exact) mass is 596 g/mol. The van der Waals surface area contributed by atoms with Crippen molar-refractivity contribution in [1.29, 1.82) is 0 Å². The Hall–Kier alpha value is -4.14. The lowest BCUT2D eigenvalue weighted by Crippen LogP contribution is -2.32. The van der Waals surface area contributed by atoms with E-state index >= 15 is 0 Å². The van der Waals surface area contributed by atoms with E-state index in [4.69, 9.17) is 19.5 Å². The van der Waals surface area contributed by atoms with Gasteiger partial charge >= 0.3 is 11.9 Å². The van der Waals surface area contributed by atoms with Gasteiger partial charge in [-0.05, 0) is 46.9 Å². The van der Waals surface area contributed by atoms with Crippen molar-refractivity contribution in [2.24, 2.45) is 9.98 Å². The first-order valence-corrected chi connectivity index (χ1v) is 15.5. The van der Waals surface area contributed by atoms with E-state index in [1.54, 1.807) is 35.7 Å². The average Bonchev–Trinajstić information content (AvgIpc) is 3.03. The lowest BCUT2D eigenvalue weighted by Gasteiger charge is -2.14. The zero-order valence-corrected chi connectivity index (χ0v) is 25.6. The number of para-hydroxylation sites is 2. The standard InChI is InChI=1S/C34H32N2O4S2/c1-5-41-29-21-13-9-17-25(29)23-15-7-11-19-27(23)35-31(33(37)39-3)32(34(38)40-4)36-28-20-12-8-16-24(28)26-18-10-14-22-30(26)42-6-2/h7-22H,5-6H2,1-4H3. The van der Waals surface area contributed by atoms with Gasteiger partial charge in [0.15, 0.2) is 11.4 Å². The minimum Gasteiger partial charge on any atom is -0.464 e. The second-order valence-corrected chi connectivity index (χ2v) is 11.4. The molecule has 0 aliphatic heterocycles. The Labute approximate surface area is 255 Å². The maximum atomic E-state index is 13.2. The van der Waals surface area contributed by atoms with Gasteiger partial charge in [-0.15, -0.1) is 23.5 Å². The molecule has 0 heterocycles. The molecule has 4 rings (SSSR count). The molecule has 4 aromatic carbocycles. The average molecular weight is 597 g/mol. The van der Waals surface area contributed by atoms with Crippen LogP contribution in [-0.2, 0) is 19.1 Å². The Balaban J connectivity index is 1.94. The van der Waals surface area contributed by atoms with Crippen molar-refractivity contribution < 1.29 is 19.1 Å². The largest absolute Gasteiger partial charge is 0.464 e. The van der Waals surface area contributed by atoms with Gasteiger partial charge < -0.3 is 9.47 Å². The second-order valence-electron chi connectivity index (χ2n) is 8.80. The van der Waals surface area contributed by atoms with Crippen LogP contribution < -0.4 is 0 Å². The van der Waals surface area contributed by atoms with Crippen molar-refractivity contribution in [1.82, 2.24) is 0 Å². The van der Waals surface area contributed by atoms with E-state index in [0.717, 1.165) is 43.6 Å². The van der Waals surface area contributed by atoms with Crippen LogP contribution >= 0.6 is 23.5 Å². The van der Waals surface area contributed by atoms with Crippen LogP contribution in [0.5, 0.6) is 0 Å². The molecule has 4 aromatic rings. The van der Waals surface area contributed by atoms with Crippen LogP contribution in [-0.4, -0.2) is 49.1 Å². The number of carbonyl (C=O) groups excluding carboxylic acids is 2. The molecular weight excluding hydrogens is 565 g/mol. The van der Waals surface area contributed by atoms with E-state index in [-0.39, 0.29) is 11.4 Å². The van der Waals surface area contributed by atoms with Crippen LogP contribution in [0.4, 0.5) is 11.4 Å². The summed E-state index contributed by atoms with van der Waals surface area (Å²) < 4.78 is 10.2. The number of rotatable bonds is 11. The summed E-state index contributed by atoms with van der Waals surface area (Å²) in [6.07, 6.45) is 0. The highest BCUT2D eigenvalue weighted by Crippen LogP contribution is 2.38. The van der Waals surface area contributed by atoms with Gasteiger partial charge in [0.25, 0.3) is 0 Å². The summed E-state index contributed by atoms with van der Waals surface area (Å²) in [5.74, 6) is 0.192. The van der Waals surface area contributed by atoms with Crippen LogP contribution in [0.2, 0.25) is 0 Å². The molecule has 0 spiro atoms. The molecule has 42 heavy (non-hydrogen) atoms. The van der Waals surface area contributed by atoms with Crippen LogP contribution in [0.3, 0.4) is 0 Å². The van der Waals surface area contributed by atoms with Crippen molar-refractivity contribution in [3.05, 3.63) is 97.1 Å². The predicted molar refractivity (Wildman–Crippen MR) is 175 cm³/mol. The molecule has 0 radical (unpaired) electrons. The molecule has 0 atom stereocenters. The summed E-state index contributed by atoms with van der Waals surface area (Å²) in [4.78, 5) is 38.1. The number of nitrogens with zero attached hydrogens (tertiary/aromatic N) is 2. The van der Waals surface area contributed by atoms with Crippen molar-refractivity contribution in [3.8, 4) is 22.3 Å². The molecule has 6 nitrogen and oxygen atoms in total.